The first-order valence-corrected chi connectivity index (χ1v) is 9.25. The van der Waals surface area contributed by atoms with Gasteiger partial charge < -0.3 is 4.90 Å². The standard InChI is InChI=1S/C22H23N3O/c1-16-8-9-17(14-24-16)13-18-5-4-12-25(15-18)22(26)21-20-7-3-2-6-19(20)10-11-23-21/h2-3,6-11,14,18H,4-5,12-13,15H2,1H3/t18-/m0/s1. The summed E-state index contributed by atoms with van der Waals surface area (Å²) in [7, 11) is 0. The van der Waals surface area contributed by atoms with Crippen LogP contribution in [-0.4, -0.2) is 33.9 Å². The largest absolute Gasteiger partial charge is 0.337 e. The van der Waals surface area contributed by atoms with Crippen molar-refractivity contribution in [3.63, 3.8) is 0 Å². The molecule has 0 saturated carbocycles. The van der Waals surface area contributed by atoms with Crippen LogP contribution in [0.1, 0.15) is 34.6 Å². The van der Waals surface area contributed by atoms with Gasteiger partial charge in [0, 0.05) is 36.6 Å². The molecule has 3 heterocycles. The Hall–Kier alpha value is -2.75. The van der Waals surface area contributed by atoms with Gasteiger partial charge in [0.2, 0.25) is 0 Å². The topological polar surface area (TPSA) is 46.1 Å². The summed E-state index contributed by atoms with van der Waals surface area (Å²) in [5.74, 6) is 0.528. The van der Waals surface area contributed by atoms with Crippen molar-refractivity contribution in [1.82, 2.24) is 14.9 Å². The number of piperidine rings is 1. The fourth-order valence-electron chi connectivity index (χ4n) is 3.81. The number of carbonyl (C=O) groups is 1. The minimum Gasteiger partial charge on any atom is -0.337 e. The first kappa shape index (κ1) is 16.7. The molecule has 0 aliphatic carbocycles. The van der Waals surface area contributed by atoms with Crippen LogP contribution in [0.2, 0.25) is 0 Å². The van der Waals surface area contributed by atoms with Gasteiger partial charge in [-0.25, -0.2) is 0 Å². The Labute approximate surface area is 153 Å². The Morgan fingerprint density at radius 2 is 2.04 bits per heavy atom. The molecule has 26 heavy (non-hydrogen) atoms. The molecule has 0 radical (unpaired) electrons. The van der Waals surface area contributed by atoms with E-state index in [1.807, 2.05) is 48.4 Å². The van der Waals surface area contributed by atoms with Crippen LogP contribution in [0.15, 0.2) is 54.9 Å². The average Bonchev–Trinajstić information content (AvgIpc) is 2.69. The van der Waals surface area contributed by atoms with E-state index in [1.54, 1.807) is 6.20 Å². The average molecular weight is 345 g/mol. The first-order valence-electron chi connectivity index (χ1n) is 9.25. The predicted molar refractivity (Wildman–Crippen MR) is 103 cm³/mol. The molecule has 1 fully saturated rings. The highest BCUT2D eigenvalue weighted by atomic mass is 16.2. The molecular formula is C22H23N3O. The number of fused-ring (bicyclic) bond motifs is 1. The van der Waals surface area contributed by atoms with Crippen LogP contribution in [0.5, 0.6) is 0 Å². The van der Waals surface area contributed by atoms with Gasteiger partial charge in [-0.15, -0.1) is 0 Å². The van der Waals surface area contributed by atoms with Gasteiger partial charge in [0.15, 0.2) is 0 Å². The van der Waals surface area contributed by atoms with Crippen LogP contribution in [0.4, 0.5) is 0 Å². The Kier molecular flexibility index (Phi) is 4.65. The number of nitrogens with zero attached hydrogens (tertiary/aromatic N) is 3. The van der Waals surface area contributed by atoms with E-state index >= 15 is 0 Å². The second-order valence-electron chi connectivity index (χ2n) is 7.15. The summed E-state index contributed by atoms with van der Waals surface area (Å²) in [4.78, 5) is 23.9. The molecule has 0 bridgehead atoms. The van der Waals surface area contributed by atoms with Crippen molar-refractivity contribution in [1.29, 1.82) is 0 Å². The van der Waals surface area contributed by atoms with Crippen molar-refractivity contribution in [2.75, 3.05) is 13.1 Å². The van der Waals surface area contributed by atoms with Crippen LogP contribution >= 0.6 is 0 Å². The van der Waals surface area contributed by atoms with Gasteiger partial charge in [0.05, 0.1) is 0 Å². The SMILES string of the molecule is Cc1ccc(C[C@@H]2CCCN(C(=O)c3nccc4ccccc34)C2)cn1. The number of rotatable bonds is 3. The fraction of sp³-hybridized carbons (Fsp3) is 0.318. The zero-order valence-electron chi connectivity index (χ0n) is 15.1. The maximum Gasteiger partial charge on any atom is 0.273 e. The first-order chi connectivity index (χ1) is 12.7. The summed E-state index contributed by atoms with van der Waals surface area (Å²) in [6, 6.07) is 14.1. The number of hydrogen-bond acceptors (Lipinski definition) is 3. The van der Waals surface area contributed by atoms with E-state index in [-0.39, 0.29) is 5.91 Å². The van der Waals surface area contributed by atoms with E-state index in [0.717, 1.165) is 48.8 Å². The van der Waals surface area contributed by atoms with Gasteiger partial charge >= 0.3 is 0 Å². The summed E-state index contributed by atoms with van der Waals surface area (Å²) >= 11 is 0. The summed E-state index contributed by atoms with van der Waals surface area (Å²) in [5.41, 5.74) is 2.86. The van der Waals surface area contributed by atoms with Crippen LogP contribution in [0.25, 0.3) is 10.8 Å². The molecule has 0 unspecified atom stereocenters. The van der Waals surface area contributed by atoms with Gasteiger partial charge in [-0.3, -0.25) is 14.8 Å². The van der Waals surface area contributed by atoms with Crippen molar-refractivity contribution >= 4 is 16.7 Å². The summed E-state index contributed by atoms with van der Waals surface area (Å²) in [5, 5.41) is 2.00. The van der Waals surface area contributed by atoms with Crippen molar-refractivity contribution < 1.29 is 4.79 Å². The van der Waals surface area contributed by atoms with Crippen LogP contribution in [0.3, 0.4) is 0 Å². The molecule has 4 rings (SSSR count). The lowest BCUT2D eigenvalue weighted by Gasteiger charge is -2.33. The highest BCUT2D eigenvalue weighted by Crippen LogP contribution is 2.24. The number of carbonyl (C=O) groups excluding carboxylic acids is 1. The molecule has 1 saturated heterocycles. The third-order valence-electron chi connectivity index (χ3n) is 5.18. The maximum absolute atomic E-state index is 13.1. The monoisotopic (exact) mass is 345 g/mol. The van der Waals surface area contributed by atoms with E-state index in [1.165, 1.54) is 5.56 Å². The minimum absolute atomic E-state index is 0.0496. The molecule has 1 amide bonds. The summed E-state index contributed by atoms with van der Waals surface area (Å²) in [6.07, 6.45) is 6.86. The van der Waals surface area contributed by atoms with E-state index in [4.69, 9.17) is 0 Å². The number of aryl methyl sites for hydroxylation is 1. The van der Waals surface area contributed by atoms with Crippen LogP contribution in [-0.2, 0) is 6.42 Å². The summed E-state index contributed by atoms with van der Waals surface area (Å²) < 4.78 is 0. The van der Waals surface area contributed by atoms with Gasteiger partial charge in [0.1, 0.15) is 5.69 Å². The van der Waals surface area contributed by atoms with Crippen LogP contribution in [0, 0.1) is 12.8 Å². The number of benzene rings is 1. The van der Waals surface area contributed by atoms with Crippen molar-refractivity contribution in [2.24, 2.45) is 5.92 Å². The van der Waals surface area contributed by atoms with Crippen LogP contribution < -0.4 is 0 Å². The van der Waals surface area contributed by atoms with Crippen molar-refractivity contribution in [3.8, 4) is 0 Å². The Balaban J connectivity index is 1.51. The van der Waals surface area contributed by atoms with E-state index in [0.29, 0.717) is 11.6 Å². The molecule has 0 N–H and O–H groups in total. The zero-order valence-corrected chi connectivity index (χ0v) is 15.1. The number of pyridine rings is 2. The molecule has 4 heteroatoms. The van der Waals surface area contributed by atoms with Crippen molar-refractivity contribution in [3.05, 3.63) is 71.8 Å². The quantitative estimate of drug-likeness (QED) is 0.720. The van der Waals surface area contributed by atoms with Gasteiger partial charge in [0.25, 0.3) is 5.91 Å². The number of likely N-dealkylation sites (tertiary alicyclic amines) is 1. The number of amides is 1. The molecule has 2 aromatic heterocycles. The van der Waals surface area contributed by atoms with E-state index in [9.17, 15) is 4.79 Å². The zero-order chi connectivity index (χ0) is 17.9. The molecule has 1 aliphatic heterocycles. The molecule has 1 aromatic carbocycles. The Morgan fingerprint density at radius 1 is 1.15 bits per heavy atom. The Bertz CT molecular complexity index is 915. The fourth-order valence-corrected chi connectivity index (χ4v) is 3.81. The third kappa shape index (κ3) is 3.45. The maximum atomic E-state index is 13.1. The third-order valence-corrected chi connectivity index (χ3v) is 5.18. The minimum atomic E-state index is 0.0496. The number of aromatic nitrogens is 2. The predicted octanol–water partition coefficient (Wildman–Crippen LogP) is 4.03. The highest BCUT2D eigenvalue weighted by Gasteiger charge is 2.26. The van der Waals surface area contributed by atoms with E-state index in [2.05, 4.69) is 22.1 Å². The molecule has 4 nitrogen and oxygen atoms in total. The highest BCUT2D eigenvalue weighted by molar-refractivity contribution is 6.05. The lowest BCUT2D eigenvalue weighted by atomic mass is 9.91. The van der Waals surface area contributed by atoms with E-state index < -0.39 is 0 Å². The second kappa shape index (κ2) is 7.24. The molecule has 132 valence electrons. The molecule has 1 aliphatic rings. The van der Waals surface area contributed by atoms with Gasteiger partial charge in [-0.05, 0) is 55.2 Å². The molecule has 1 atom stereocenters. The number of hydrogen-bond donors (Lipinski definition) is 0. The molecular weight excluding hydrogens is 322 g/mol. The normalized spacial score (nSPS) is 17.4. The lowest BCUT2D eigenvalue weighted by molar-refractivity contribution is 0.0669. The molecule has 3 aromatic rings. The van der Waals surface area contributed by atoms with Gasteiger partial charge in [-0.2, -0.15) is 0 Å². The second-order valence-corrected chi connectivity index (χ2v) is 7.15. The summed E-state index contributed by atoms with van der Waals surface area (Å²) in [6.45, 7) is 3.60. The van der Waals surface area contributed by atoms with Crippen molar-refractivity contribution in [2.45, 2.75) is 26.2 Å². The Morgan fingerprint density at radius 3 is 2.88 bits per heavy atom. The lowest BCUT2D eigenvalue weighted by Crippen LogP contribution is -2.41. The van der Waals surface area contributed by atoms with Gasteiger partial charge in [-0.1, -0.05) is 30.3 Å². The smallest absolute Gasteiger partial charge is 0.273 e. The molecule has 0 spiro atoms.